The van der Waals surface area contributed by atoms with E-state index in [1.165, 1.54) is 38.6 Å². The molecule has 8 rings (SSSR count). The zero-order valence-electron chi connectivity index (χ0n) is 24.4. The lowest BCUT2D eigenvalue weighted by molar-refractivity contribution is 0.814. The predicted molar refractivity (Wildman–Crippen MR) is 182 cm³/mol. The molecular weight excluding hydrogens is 534 g/mol. The van der Waals surface area contributed by atoms with E-state index in [4.69, 9.17) is 9.97 Å². The number of hydrogen-bond acceptors (Lipinski definition) is 3. The lowest BCUT2D eigenvalue weighted by Gasteiger charge is -2.19. The van der Waals surface area contributed by atoms with E-state index in [1.54, 1.807) is 0 Å². The summed E-state index contributed by atoms with van der Waals surface area (Å²) in [6, 6.07) is 36.8. The van der Waals surface area contributed by atoms with Crippen LogP contribution >= 0.6 is 0 Å². The summed E-state index contributed by atoms with van der Waals surface area (Å²) in [6.45, 7) is 0. The topological polar surface area (TPSA) is 38.7 Å². The van der Waals surface area contributed by atoms with Crippen molar-refractivity contribution in [3.63, 3.8) is 0 Å². The molecule has 4 aromatic carbocycles. The van der Waals surface area contributed by atoms with Crippen molar-refractivity contribution in [1.82, 2.24) is 15.0 Å². The summed E-state index contributed by atoms with van der Waals surface area (Å²) in [7, 11) is 0. The summed E-state index contributed by atoms with van der Waals surface area (Å²) in [5.74, 6) is 0.921. The van der Waals surface area contributed by atoms with E-state index in [1.807, 2.05) is 18.5 Å². The average molecular weight is 566 g/mol. The summed E-state index contributed by atoms with van der Waals surface area (Å²) in [4.78, 5) is 14.7. The lowest BCUT2D eigenvalue weighted by Crippen LogP contribution is -2.06. The molecule has 3 nitrogen and oxygen atoms in total. The third-order valence-electron chi connectivity index (χ3n) is 8.75. The zero-order chi connectivity index (χ0) is 29.3. The van der Waals surface area contributed by atoms with Crippen LogP contribution in [0, 0.1) is 0 Å². The Morgan fingerprint density at radius 1 is 0.659 bits per heavy atom. The standard InChI is InChI=1S/C41H31N3/c1-2-10-32-25-35(22-17-28(32)8-1)41-43-39(26-40(44-41)34-13-5-12-33(24-34)36-14-7-23-42-27-36)31-20-18-30(19-21-31)38-16-6-11-29-9-3-4-15-37(29)38/h1,3-9,11-12,14-27,34H,2,10,13H2. The number of rotatable bonds is 5. The SMILES string of the molecule is C1=Cc2ccc(-c3nc(-c4ccc(-c5cccc6ccccc56)cc4)cc(C4C=C(c5cccnc5)C=CC4)n3)cc2CC1. The van der Waals surface area contributed by atoms with E-state index in [0.29, 0.717) is 0 Å². The largest absolute Gasteiger partial charge is 0.264 e. The molecular formula is C41H31N3. The van der Waals surface area contributed by atoms with Crippen molar-refractivity contribution in [2.24, 2.45) is 0 Å². The number of benzene rings is 4. The minimum Gasteiger partial charge on any atom is -0.264 e. The summed E-state index contributed by atoms with van der Waals surface area (Å²) in [5.41, 5.74) is 11.5. The number of aryl methyl sites for hydroxylation is 1. The Morgan fingerprint density at radius 3 is 2.43 bits per heavy atom. The minimum atomic E-state index is 0.145. The highest BCUT2D eigenvalue weighted by atomic mass is 14.9. The first kappa shape index (κ1) is 26.2. The molecule has 2 aliphatic rings. The summed E-state index contributed by atoms with van der Waals surface area (Å²) >= 11 is 0. The molecule has 0 spiro atoms. The molecule has 0 aliphatic heterocycles. The molecule has 6 aromatic rings. The van der Waals surface area contributed by atoms with Crippen LogP contribution in [0.15, 0.2) is 140 Å². The van der Waals surface area contributed by atoms with Gasteiger partial charge >= 0.3 is 0 Å². The molecule has 1 atom stereocenters. The molecule has 2 aliphatic carbocycles. The molecule has 3 heteroatoms. The average Bonchev–Trinajstić information content (AvgIpc) is 3.11. The second-order valence-corrected chi connectivity index (χ2v) is 11.6. The molecule has 2 aromatic heterocycles. The molecule has 0 N–H and O–H groups in total. The van der Waals surface area contributed by atoms with Crippen molar-refractivity contribution in [3.05, 3.63) is 162 Å². The Kier molecular flexibility index (Phi) is 6.77. The second-order valence-electron chi connectivity index (χ2n) is 11.6. The number of hydrogen-bond donors (Lipinski definition) is 0. The van der Waals surface area contributed by atoms with Crippen molar-refractivity contribution in [1.29, 1.82) is 0 Å². The van der Waals surface area contributed by atoms with E-state index in [2.05, 4.69) is 132 Å². The van der Waals surface area contributed by atoms with Crippen molar-refractivity contribution < 1.29 is 0 Å². The van der Waals surface area contributed by atoms with Crippen LogP contribution in [0.5, 0.6) is 0 Å². The normalized spacial score (nSPS) is 15.6. The molecule has 0 bridgehead atoms. The number of aromatic nitrogens is 3. The fourth-order valence-electron chi connectivity index (χ4n) is 6.42. The first-order valence-electron chi connectivity index (χ1n) is 15.3. The summed E-state index contributed by atoms with van der Waals surface area (Å²) in [5, 5.41) is 2.51. The van der Waals surface area contributed by atoms with Crippen LogP contribution in [0.2, 0.25) is 0 Å². The Balaban J connectivity index is 1.22. The van der Waals surface area contributed by atoms with Gasteiger partial charge in [0.25, 0.3) is 0 Å². The van der Waals surface area contributed by atoms with Crippen molar-refractivity contribution in [2.75, 3.05) is 0 Å². The van der Waals surface area contributed by atoms with Gasteiger partial charge in [0, 0.05) is 29.4 Å². The van der Waals surface area contributed by atoms with Gasteiger partial charge in [-0.15, -0.1) is 0 Å². The van der Waals surface area contributed by atoms with Crippen LogP contribution in [0.4, 0.5) is 0 Å². The molecule has 0 saturated heterocycles. The maximum atomic E-state index is 5.21. The number of allylic oxidation sites excluding steroid dienone is 5. The van der Waals surface area contributed by atoms with Gasteiger partial charge in [-0.05, 0) is 81.6 Å². The minimum absolute atomic E-state index is 0.145. The number of nitrogens with zero attached hydrogens (tertiary/aromatic N) is 3. The molecule has 0 radical (unpaired) electrons. The van der Waals surface area contributed by atoms with Crippen LogP contribution in [0.25, 0.3) is 56.2 Å². The van der Waals surface area contributed by atoms with Gasteiger partial charge < -0.3 is 0 Å². The van der Waals surface area contributed by atoms with Crippen molar-refractivity contribution in [2.45, 2.75) is 25.2 Å². The van der Waals surface area contributed by atoms with Gasteiger partial charge in [-0.1, -0.05) is 115 Å². The van der Waals surface area contributed by atoms with Crippen LogP contribution in [-0.4, -0.2) is 15.0 Å². The molecule has 44 heavy (non-hydrogen) atoms. The highest BCUT2D eigenvalue weighted by Gasteiger charge is 2.19. The number of pyridine rings is 1. The van der Waals surface area contributed by atoms with E-state index >= 15 is 0 Å². The van der Waals surface area contributed by atoms with E-state index in [9.17, 15) is 0 Å². The monoisotopic (exact) mass is 565 g/mol. The maximum Gasteiger partial charge on any atom is 0.160 e. The lowest BCUT2D eigenvalue weighted by atomic mass is 9.89. The number of fused-ring (bicyclic) bond motifs is 2. The molecule has 1 unspecified atom stereocenters. The smallest absolute Gasteiger partial charge is 0.160 e. The van der Waals surface area contributed by atoms with Gasteiger partial charge in [-0.2, -0.15) is 0 Å². The van der Waals surface area contributed by atoms with Gasteiger partial charge in [-0.3, -0.25) is 4.98 Å². The second kappa shape index (κ2) is 11.3. The summed E-state index contributed by atoms with van der Waals surface area (Å²) < 4.78 is 0. The van der Waals surface area contributed by atoms with Gasteiger partial charge in [-0.25, -0.2) is 9.97 Å². The first-order valence-corrected chi connectivity index (χ1v) is 15.3. The van der Waals surface area contributed by atoms with E-state index in [0.717, 1.165) is 53.2 Å². The van der Waals surface area contributed by atoms with Gasteiger partial charge in [0.1, 0.15) is 0 Å². The predicted octanol–water partition coefficient (Wildman–Crippen LogP) is 10.1. The Labute approximate surface area is 258 Å². The fraction of sp³-hybridized carbons (Fsp3) is 0.0976. The van der Waals surface area contributed by atoms with Crippen LogP contribution < -0.4 is 0 Å². The van der Waals surface area contributed by atoms with Crippen molar-refractivity contribution >= 4 is 22.4 Å². The third-order valence-corrected chi connectivity index (χ3v) is 8.75. The highest BCUT2D eigenvalue weighted by molar-refractivity contribution is 5.96. The molecule has 0 fully saturated rings. The molecule has 0 amide bonds. The van der Waals surface area contributed by atoms with Gasteiger partial charge in [0.2, 0.25) is 0 Å². The molecule has 0 saturated carbocycles. The fourth-order valence-corrected chi connectivity index (χ4v) is 6.42. The Bertz CT molecular complexity index is 2080. The summed E-state index contributed by atoms with van der Waals surface area (Å²) in [6.07, 6.45) is 18.0. The van der Waals surface area contributed by atoms with E-state index in [-0.39, 0.29) is 5.92 Å². The van der Waals surface area contributed by atoms with Crippen molar-refractivity contribution in [3.8, 4) is 33.8 Å². The van der Waals surface area contributed by atoms with Crippen LogP contribution in [0.1, 0.15) is 41.1 Å². The quantitative estimate of drug-likeness (QED) is 0.209. The molecule has 210 valence electrons. The van der Waals surface area contributed by atoms with Crippen LogP contribution in [0.3, 0.4) is 0 Å². The first-order chi connectivity index (χ1) is 21.8. The van der Waals surface area contributed by atoms with Gasteiger partial charge in [0.15, 0.2) is 5.82 Å². The van der Waals surface area contributed by atoms with Gasteiger partial charge in [0.05, 0.1) is 11.4 Å². The highest BCUT2D eigenvalue weighted by Crippen LogP contribution is 2.35. The Morgan fingerprint density at radius 2 is 1.52 bits per heavy atom. The third kappa shape index (κ3) is 5.07. The molecule has 2 heterocycles. The zero-order valence-corrected chi connectivity index (χ0v) is 24.4. The van der Waals surface area contributed by atoms with Crippen LogP contribution in [-0.2, 0) is 6.42 Å². The van der Waals surface area contributed by atoms with E-state index < -0.39 is 0 Å². The Hall–Kier alpha value is -5.41. The maximum absolute atomic E-state index is 5.21.